The first-order valence-corrected chi connectivity index (χ1v) is 8.48. The van der Waals surface area contributed by atoms with Gasteiger partial charge in [0.2, 0.25) is 5.91 Å². The third kappa shape index (κ3) is 5.84. The molecule has 2 N–H and O–H groups in total. The fourth-order valence-corrected chi connectivity index (χ4v) is 3.16. The van der Waals surface area contributed by atoms with E-state index in [0.29, 0.717) is 6.54 Å². The zero-order valence-corrected chi connectivity index (χ0v) is 15.9. The lowest BCUT2D eigenvalue weighted by molar-refractivity contribution is -0.171. The number of carbonyl (C=O) groups is 2. The standard InChI is InChI=1S/C18H23F3N2O3.ClH/c1-11(2)15(22-9-12-6-4-3-5-7-12)16(24)23-10-13(18(19,20)21)8-14(23)17(25)26;/h3-7,11,13-15,22H,8-10H2,1-2H3,(H,25,26);1H/t13-,14+,15+;/m1./s1. The molecule has 27 heavy (non-hydrogen) atoms. The molecule has 3 atom stereocenters. The molecule has 0 aliphatic carbocycles. The molecule has 152 valence electrons. The van der Waals surface area contributed by atoms with E-state index in [4.69, 9.17) is 0 Å². The Kier molecular flexibility index (Phi) is 8.10. The van der Waals surface area contributed by atoms with Crippen LogP contribution in [-0.2, 0) is 16.1 Å². The monoisotopic (exact) mass is 408 g/mol. The van der Waals surface area contributed by atoms with Crippen molar-refractivity contribution in [1.82, 2.24) is 10.2 Å². The van der Waals surface area contributed by atoms with Crippen LogP contribution >= 0.6 is 12.4 Å². The highest BCUT2D eigenvalue weighted by Gasteiger charge is 2.51. The molecule has 0 unspecified atom stereocenters. The van der Waals surface area contributed by atoms with Crippen LogP contribution in [-0.4, -0.2) is 46.7 Å². The third-order valence-electron chi connectivity index (χ3n) is 4.63. The van der Waals surface area contributed by atoms with Crippen LogP contribution in [0, 0.1) is 11.8 Å². The third-order valence-corrected chi connectivity index (χ3v) is 4.63. The zero-order chi connectivity index (χ0) is 19.5. The van der Waals surface area contributed by atoms with Crippen LogP contribution in [0.3, 0.4) is 0 Å². The Bertz CT molecular complexity index is 640. The van der Waals surface area contributed by atoms with Crippen molar-refractivity contribution >= 4 is 24.3 Å². The molecule has 0 aromatic heterocycles. The van der Waals surface area contributed by atoms with Gasteiger partial charge in [0.1, 0.15) is 6.04 Å². The number of carboxylic acids is 1. The maximum Gasteiger partial charge on any atom is 0.393 e. The molecule has 0 saturated carbocycles. The van der Waals surface area contributed by atoms with E-state index in [0.717, 1.165) is 10.5 Å². The van der Waals surface area contributed by atoms with Gasteiger partial charge in [0.15, 0.2) is 0 Å². The van der Waals surface area contributed by atoms with E-state index in [-0.39, 0.29) is 18.3 Å². The second kappa shape index (κ2) is 9.41. The van der Waals surface area contributed by atoms with Gasteiger partial charge in [0, 0.05) is 13.1 Å². The summed E-state index contributed by atoms with van der Waals surface area (Å²) in [4.78, 5) is 25.1. The fourth-order valence-electron chi connectivity index (χ4n) is 3.16. The van der Waals surface area contributed by atoms with Crippen LogP contribution in [0.25, 0.3) is 0 Å². The normalized spacial score (nSPS) is 21.0. The summed E-state index contributed by atoms with van der Waals surface area (Å²) >= 11 is 0. The molecule has 1 aromatic carbocycles. The van der Waals surface area contributed by atoms with E-state index < -0.39 is 49.0 Å². The lowest BCUT2D eigenvalue weighted by Gasteiger charge is -2.29. The molecule has 1 saturated heterocycles. The number of carboxylic acid groups (broad SMARTS) is 1. The summed E-state index contributed by atoms with van der Waals surface area (Å²) in [5.41, 5.74) is 0.926. The number of hydrogen-bond acceptors (Lipinski definition) is 3. The Morgan fingerprint density at radius 2 is 1.85 bits per heavy atom. The number of amides is 1. The number of halogens is 4. The number of likely N-dealkylation sites (tertiary alicyclic amines) is 1. The molecular formula is C18H24ClF3N2O3. The van der Waals surface area contributed by atoms with E-state index in [1.807, 2.05) is 30.3 Å². The van der Waals surface area contributed by atoms with Crippen LogP contribution in [0.5, 0.6) is 0 Å². The number of nitrogens with zero attached hydrogens (tertiary/aromatic N) is 1. The van der Waals surface area contributed by atoms with Gasteiger partial charge in [-0.05, 0) is 17.9 Å². The van der Waals surface area contributed by atoms with Gasteiger partial charge >= 0.3 is 12.1 Å². The number of benzene rings is 1. The average molecular weight is 409 g/mol. The van der Waals surface area contributed by atoms with Gasteiger partial charge in [-0.15, -0.1) is 12.4 Å². The summed E-state index contributed by atoms with van der Waals surface area (Å²) < 4.78 is 39.1. The summed E-state index contributed by atoms with van der Waals surface area (Å²) in [6.07, 6.45) is -5.12. The number of rotatable bonds is 6. The smallest absolute Gasteiger partial charge is 0.393 e. The van der Waals surface area contributed by atoms with Crippen molar-refractivity contribution in [2.75, 3.05) is 6.54 Å². The minimum atomic E-state index is -4.52. The van der Waals surface area contributed by atoms with Crippen molar-refractivity contribution < 1.29 is 27.9 Å². The minimum Gasteiger partial charge on any atom is -0.480 e. The Balaban J connectivity index is 0.00000364. The van der Waals surface area contributed by atoms with Gasteiger partial charge in [-0.1, -0.05) is 44.2 Å². The summed E-state index contributed by atoms with van der Waals surface area (Å²) in [6, 6.07) is 7.07. The van der Waals surface area contributed by atoms with E-state index in [9.17, 15) is 27.9 Å². The molecule has 1 heterocycles. The Morgan fingerprint density at radius 3 is 2.33 bits per heavy atom. The van der Waals surface area contributed by atoms with Crippen molar-refractivity contribution in [2.45, 2.75) is 45.1 Å². The van der Waals surface area contributed by atoms with Crippen LogP contribution in [0.1, 0.15) is 25.8 Å². The number of carbonyl (C=O) groups excluding carboxylic acids is 1. The summed E-state index contributed by atoms with van der Waals surface area (Å²) in [6.45, 7) is 3.29. The molecule has 1 aliphatic heterocycles. The van der Waals surface area contributed by atoms with E-state index in [2.05, 4.69) is 5.32 Å². The molecule has 9 heteroatoms. The predicted octanol–water partition coefficient (Wildman–Crippen LogP) is 3.09. The first-order valence-electron chi connectivity index (χ1n) is 8.48. The van der Waals surface area contributed by atoms with Gasteiger partial charge < -0.3 is 15.3 Å². The molecule has 0 spiro atoms. The topological polar surface area (TPSA) is 69.6 Å². The molecular weight excluding hydrogens is 385 g/mol. The summed E-state index contributed by atoms with van der Waals surface area (Å²) in [7, 11) is 0. The summed E-state index contributed by atoms with van der Waals surface area (Å²) in [5, 5.41) is 12.3. The molecule has 2 rings (SSSR count). The largest absolute Gasteiger partial charge is 0.480 e. The van der Waals surface area contributed by atoms with Gasteiger partial charge in [-0.25, -0.2) is 4.79 Å². The van der Waals surface area contributed by atoms with Crippen molar-refractivity contribution in [1.29, 1.82) is 0 Å². The SMILES string of the molecule is CC(C)[C@H](NCc1ccccc1)C(=O)N1C[C@H](C(F)(F)F)C[C@H]1C(=O)O.Cl. The quantitative estimate of drug-likeness (QED) is 0.759. The van der Waals surface area contributed by atoms with Crippen LogP contribution < -0.4 is 5.32 Å². The molecule has 0 bridgehead atoms. The lowest BCUT2D eigenvalue weighted by Crippen LogP contribution is -2.52. The maximum absolute atomic E-state index is 13.0. The molecule has 5 nitrogen and oxygen atoms in total. The highest BCUT2D eigenvalue weighted by molar-refractivity contribution is 5.88. The van der Waals surface area contributed by atoms with Crippen LogP contribution in [0.2, 0.25) is 0 Å². The van der Waals surface area contributed by atoms with Crippen molar-refractivity contribution in [2.24, 2.45) is 11.8 Å². The van der Waals surface area contributed by atoms with Gasteiger partial charge in [0.25, 0.3) is 0 Å². The van der Waals surface area contributed by atoms with Crippen molar-refractivity contribution in [3.05, 3.63) is 35.9 Å². The fraction of sp³-hybridized carbons (Fsp3) is 0.556. The number of alkyl halides is 3. The van der Waals surface area contributed by atoms with Gasteiger partial charge in [-0.2, -0.15) is 13.2 Å². The molecule has 1 aromatic rings. The molecule has 1 amide bonds. The highest BCUT2D eigenvalue weighted by atomic mass is 35.5. The van der Waals surface area contributed by atoms with Crippen LogP contribution in [0.15, 0.2) is 30.3 Å². The van der Waals surface area contributed by atoms with E-state index in [1.54, 1.807) is 13.8 Å². The Labute approximate surface area is 162 Å². The van der Waals surface area contributed by atoms with E-state index >= 15 is 0 Å². The van der Waals surface area contributed by atoms with E-state index in [1.165, 1.54) is 0 Å². The first-order chi connectivity index (χ1) is 12.1. The predicted molar refractivity (Wildman–Crippen MR) is 96.5 cm³/mol. The molecule has 1 fully saturated rings. The van der Waals surface area contributed by atoms with Gasteiger partial charge in [-0.3, -0.25) is 4.79 Å². The second-order valence-corrected chi connectivity index (χ2v) is 6.91. The molecule has 0 radical (unpaired) electrons. The van der Waals surface area contributed by atoms with Gasteiger partial charge in [0.05, 0.1) is 12.0 Å². The maximum atomic E-state index is 13.0. The summed E-state index contributed by atoms with van der Waals surface area (Å²) in [5.74, 6) is -4.02. The highest BCUT2D eigenvalue weighted by Crippen LogP contribution is 2.37. The number of nitrogens with one attached hydrogen (secondary N) is 1. The number of hydrogen-bond donors (Lipinski definition) is 2. The minimum absolute atomic E-state index is 0. The molecule has 1 aliphatic rings. The zero-order valence-electron chi connectivity index (χ0n) is 15.1. The van der Waals surface area contributed by atoms with Crippen molar-refractivity contribution in [3.63, 3.8) is 0 Å². The first kappa shape index (κ1) is 23.2. The Hall–Kier alpha value is -1.80. The lowest BCUT2D eigenvalue weighted by atomic mass is 10.0. The second-order valence-electron chi connectivity index (χ2n) is 6.91. The Morgan fingerprint density at radius 1 is 1.26 bits per heavy atom. The van der Waals surface area contributed by atoms with Crippen molar-refractivity contribution in [3.8, 4) is 0 Å². The average Bonchev–Trinajstić information content (AvgIpc) is 3.01. The number of aliphatic carboxylic acids is 1. The van der Waals surface area contributed by atoms with Crippen LogP contribution in [0.4, 0.5) is 13.2 Å².